The molecule has 2 aromatic heterocycles. The van der Waals surface area contributed by atoms with E-state index >= 15 is 0 Å². The number of hydrogen-bond acceptors (Lipinski definition) is 5. The van der Waals surface area contributed by atoms with Gasteiger partial charge in [0.1, 0.15) is 0 Å². The number of aryl methyl sites for hydroxylation is 2. The van der Waals surface area contributed by atoms with Crippen LogP contribution in [-0.4, -0.2) is 25.2 Å². The van der Waals surface area contributed by atoms with Crippen LogP contribution in [0.4, 0.5) is 0 Å². The normalized spacial score (nSPS) is 11.9. The average molecular weight is 314 g/mol. The molecule has 2 heterocycles. The van der Waals surface area contributed by atoms with E-state index in [0.29, 0.717) is 11.4 Å². The standard InChI is InChI=1S/C12H18N4O2S2/c1-9-10(8-16(3)15-9)6-14-20(17,18)12-4-5-19-11(12)7-13-2/h4-5,8,13-14H,6-7H2,1-3H3. The first-order valence-electron chi connectivity index (χ1n) is 6.14. The third-order valence-corrected chi connectivity index (χ3v) is 5.44. The zero-order chi connectivity index (χ0) is 14.8. The molecule has 0 fully saturated rings. The van der Waals surface area contributed by atoms with Gasteiger partial charge < -0.3 is 5.32 Å². The molecule has 0 aliphatic carbocycles. The van der Waals surface area contributed by atoms with Crippen LogP contribution < -0.4 is 10.0 Å². The van der Waals surface area contributed by atoms with Crippen molar-refractivity contribution in [3.8, 4) is 0 Å². The molecule has 20 heavy (non-hydrogen) atoms. The van der Waals surface area contributed by atoms with E-state index in [2.05, 4.69) is 15.1 Å². The second kappa shape index (κ2) is 6.04. The Bertz CT molecular complexity index is 688. The van der Waals surface area contributed by atoms with E-state index in [4.69, 9.17) is 0 Å². The van der Waals surface area contributed by atoms with Crippen molar-refractivity contribution in [2.75, 3.05) is 7.05 Å². The van der Waals surface area contributed by atoms with Gasteiger partial charge in [-0.25, -0.2) is 13.1 Å². The molecule has 2 N–H and O–H groups in total. The van der Waals surface area contributed by atoms with Crippen LogP contribution in [0.5, 0.6) is 0 Å². The van der Waals surface area contributed by atoms with Crippen molar-refractivity contribution >= 4 is 21.4 Å². The van der Waals surface area contributed by atoms with Crippen molar-refractivity contribution in [2.24, 2.45) is 7.05 Å². The summed E-state index contributed by atoms with van der Waals surface area (Å²) < 4.78 is 28.9. The van der Waals surface area contributed by atoms with Gasteiger partial charge in [-0.15, -0.1) is 11.3 Å². The number of nitrogens with zero attached hydrogens (tertiary/aromatic N) is 2. The summed E-state index contributed by atoms with van der Waals surface area (Å²) >= 11 is 1.43. The molecule has 0 unspecified atom stereocenters. The lowest BCUT2D eigenvalue weighted by Crippen LogP contribution is -2.24. The van der Waals surface area contributed by atoms with Crippen LogP contribution in [0, 0.1) is 6.92 Å². The van der Waals surface area contributed by atoms with Gasteiger partial charge in [0.2, 0.25) is 10.0 Å². The average Bonchev–Trinajstić information content (AvgIpc) is 2.95. The molecule has 0 amide bonds. The molecule has 0 aliphatic heterocycles. The highest BCUT2D eigenvalue weighted by Gasteiger charge is 2.19. The molecule has 8 heteroatoms. The molecule has 0 aromatic carbocycles. The van der Waals surface area contributed by atoms with E-state index in [0.717, 1.165) is 16.1 Å². The largest absolute Gasteiger partial charge is 0.315 e. The van der Waals surface area contributed by atoms with Crippen molar-refractivity contribution in [1.82, 2.24) is 19.8 Å². The minimum atomic E-state index is -3.49. The van der Waals surface area contributed by atoms with Gasteiger partial charge in [-0.1, -0.05) is 0 Å². The van der Waals surface area contributed by atoms with Gasteiger partial charge in [0.15, 0.2) is 0 Å². The monoisotopic (exact) mass is 314 g/mol. The van der Waals surface area contributed by atoms with Crippen LogP contribution in [0.2, 0.25) is 0 Å². The summed E-state index contributed by atoms with van der Waals surface area (Å²) in [6.07, 6.45) is 1.82. The zero-order valence-corrected chi connectivity index (χ0v) is 13.3. The van der Waals surface area contributed by atoms with Gasteiger partial charge in [0.25, 0.3) is 0 Å². The lowest BCUT2D eigenvalue weighted by atomic mass is 10.3. The van der Waals surface area contributed by atoms with Gasteiger partial charge in [-0.05, 0) is 25.4 Å². The number of rotatable bonds is 6. The third kappa shape index (κ3) is 3.26. The lowest BCUT2D eigenvalue weighted by molar-refractivity contribution is 0.580. The molecule has 0 aliphatic rings. The highest BCUT2D eigenvalue weighted by Crippen LogP contribution is 2.22. The molecule has 6 nitrogen and oxygen atoms in total. The molecule has 0 bridgehead atoms. The minimum absolute atomic E-state index is 0.247. The van der Waals surface area contributed by atoms with E-state index in [1.165, 1.54) is 11.3 Å². The predicted molar refractivity (Wildman–Crippen MR) is 79.1 cm³/mol. The van der Waals surface area contributed by atoms with Crippen molar-refractivity contribution in [1.29, 1.82) is 0 Å². The topological polar surface area (TPSA) is 76.0 Å². The predicted octanol–water partition coefficient (Wildman–Crippen LogP) is 0.988. The van der Waals surface area contributed by atoms with Gasteiger partial charge in [-0.2, -0.15) is 5.10 Å². The van der Waals surface area contributed by atoms with Gasteiger partial charge in [0.05, 0.1) is 10.6 Å². The Labute approximate surface area is 122 Å². The number of aromatic nitrogens is 2. The lowest BCUT2D eigenvalue weighted by Gasteiger charge is -2.07. The highest BCUT2D eigenvalue weighted by atomic mass is 32.2. The van der Waals surface area contributed by atoms with Crippen molar-refractivity contribution < 1.29 is 8.42 Å². The summed E-state index contributed by atoms with van der Waals surface area (Å²) in [6, 6.07) is 1.63. The molecule has 0 saturated heterocycles. The van der Waals surface area contributed by atoms with Crippen molar-refractivity contribution in [3.05, 3.63) is 33.8 Å². The summed E-state index contributed by atoms with van der Waals surface area (Å²) in [5, 5.41) is 8.96. The summed E-state index contributed by atoms with van der Waals surface area (Å²) in [5.41, 5.74) is 1.71. The van der Waals surface area contributed by atoms with E-state index in [1.807, 2.05) is 20.2 Å². The van der Waals surface area contributed by atoms with Crippen LogP contribution in [0.3, 0.4) is 0 Å². The van der Waals surface area contributed by atoms with Crippen LogP contribution in [0.25, 0.3) is 0 Å². The first kappa shape index (κ1) is 15.2. The first-order valence-corrected chi connectivity index (χ1v) is 8.50. The molecular formula is C12H18N4O2S2. The fourth-order valence-corrected chi connectivity index (χ4v) is 4.39. The molecule has 0 spiro atoms. The number of thiophene rings is 1. The summed E-state index contributed by atoms with van der Waals surface area (Å²) in [6.45, 7) is 2.65. The second-order valence-electron chi connectivity index (χ2n) is 4.48. The zero-order valence-electron chi connectivity index (χ0n) is 11.7. The molecule has 0 saturated carbocycles. The quantitative estimate of drug-likeness (QED) is 0.833. The minimum Gasteiger partial charge on any atom is -0.315 e. The van der Waals surface area contributed by atoms with Gasteiger partial charge >= 0.3 is 0 Å². The Morgan fingerprint density at radius 3 is 2.75 bits per heavy atom. The van der Waals surface area contributed by atoms with E-state index in [9.17, 15) is 8.42 Å². The summed E-state index contributed by atoms with van der Waals surface area (Å²) in [7, 11) is 0.116. The Morgan fingerprint density at radius 1 is 1.40 bits per heavy atom. The van der Waals surface area contributed by atoms with E-state index in [-0.39, 0.29) is 6.54 Å². The third-order valence-electron chi connectivity index (χ3n) is 2.90. The molecule has 0 atom stereocenters. The molecule has 110 valence electrons. The number of nitrogens with one attached hydrogen (secondary N) is 2. The van der Waals surface area contributed by atoms with Crippen molar-refractivity contribution in [2.45, 2.75) is 24.9 Å². The SMILES string of the molecule is CNCc1sccc1S(=O)(=O)NCc1cn(C)nc1C. The van der Waals surface area contributed by atoms with E-state index < -0.39 is 10.0 Å². The molecule has 2 rings (SSSR count). The Hall–Kier alpha value is -1.22. The van der Waals surface area contributed by atoms with Crippen molar-refractivity contribution in [3.63, 3.8) is 0 Å². The second-order valence-corrected chi connectivity index (χ2v) is 7.21. The maximum absolute atomic E-state index is 12.3. The Morgan fingerprint density at radius 2 is 2.15 bits per heavy atom. The summed E-state index contributed by atoms with van der Waals surface area (Å²) in [4.78, 5) is 1.15. The Balaban J connectivity index is 2.15. The van der Waals surface area contributed by atoms with E-state index in [1.54, 1.807) is 23.2 Å². The number of hydrogen-bond donors (Lipinski definition) is 2. The number of sulfonamides is 1. The Kier molecular flexibility index (Phi) is 4.59. The maximum atomic E-state index is 12.3. The fourth-order valence-electron chi connectivity index (χ4n) is 1.93. The van der Waals surface area contributed by atoms with Crippen LogP contribution in [0.1, 0.15) is 16.1 Å². The first-order chi connectivity index (χ1) is 9.44. The van der Waals surface area contributed by atoms with Gasteiger partial charge in [0, 0.05) is 36.8 Å². The molecule has 2 aromatic rings. The van der Waals surface area contributed by atoms with Crippen LogP contribution >= 0.6 is 11.3 Å². The highest BCUT2D eigenvalue weighted by molar-refractivity contribution is 7.89. The molecule has 0 radical (unpaired) electrons. The van der Waals surface area contributed by atoms with Gasteiger partial charge in [-0.3, -0.25) is 4.68 Å². The molecular weight excluding hydrogens is 296 g/mol. The summed E-state index contributed by atoms with van der Waals surface area (Å²) in [5.74, 6) is 0. The fraction of sp³-hybridized carbons (Fsp3) is 0.417. The maximum Gasteiger partial charge on any atom is 0.242 e. The van der Waals surface area contributed by atoms with Crippen LogP contribution in [-0.2, 0) is 30.2 Å². The van der Waals surface area contributed by atoms with Crippen LogP contribution in [0.15, 0.2) is 22.5 Å². The smallest absolute Gasteiger partial charge is 0.242 e.